The van der Waals surface area contributed by atoms with Gasteiger partial charge in [-0.1, -0.05) is 29.3 Å². The van der Waals surface area contributed by atoms with E-state index in [1.165, 1.54) is 6.07 Å². The summed E-state index contributed by atoms with van der Waals surface area (Å²) in [6, 6.07) is 7.72. The van der Waals surface area contributed by atoms with Gasteiger partial charge in [0.1, 0.15) is 11.6 Å². The molecule has 2 aromatic rings. The third kappa shape index (κ3) is 5.54. The van der Waals surface area contributed by atoms with Crippen LogP contribution in [0.15, 0.2) is 35.4 Å². The third-order valence-corrected chi connectivity index (χ3v) is 5.40. The Hall–Kier alpha value is -2.00. The van der Waals surface area contributed by atoms with Crippen molar-refractivity contribution in [1.29, 1.82) is 0 Å². The van der Waals surface area contributed by atoms with Crippen molar-refractivity contribution >= 4 is 52.4 Å². The summed E-state index contributed by atoms with van der Waals surface area (Å²) in [5.74, 6) is -1.12. The fraction of sp³-hybridized carbons (Fsp3) is 0.263. The van der Waals surface area contributed by atoms with E-state index >= 15 is 0 Å². The van der Waals surface area contributed by atoms with Crippen molar-refractivity contribution in [3.63, 3.8) is 0 Å². The van der Waals surface area contributed by atoms with E-state index in [1.54, 1.807) is 23.1 Å². The van der Waals surface area contributed by atoms with Crippen LogP contribution in [0.3, 0.4) is 0 Å². The molecule has 0 aliphatic carbocycles. The standard InChI is InChI=1S/C19H19Cl2F2N5S/c20-14-2-1-3-15(21)13(14)9-25-12-4-5-28(10-12)18-7-16(22)11(6-17(18)23)8-26-27-19(24)29/h1-3,6-8,12,25H,4-5,9-10H2,(H3,24,27,29)/b26-8+/t12-/m0/s1. The lowest BCUT2D eigenvalue weighted by Crippen LogP contribution is -2.32. The minimum Gasteiger partial charge on any atom is -0.375 e. The summed E-state index contributed by atoms with van der Waals surface area (Å²) < 4.78 is 28.9. The predicted octanol–water partition coefficient (Wildman–Crippen LogP) is 3.81. The zero-order chi connectivity index (χ0) is 21.0. The molecular formula is C19H19Cl2F2N5S. The molecule has 0 spiro atoms. The SMILES string of the molecule is NC(=S)N/N=C/c1cc(F)c(N2CC[C@H](NCc3c(Cl)cccc3Cl)C2)cc1F. The first-order valence-corrected chi connectivity index (χ1v) is 10.0. The van der Waals surface area contributed by atoms with Gasteiger partial charge in [0.05, 0.1) is 11.9 Å². The van der Waals surface area contributed by atoms with Crippen molar-refractivity contribution in [2.75, 3.05) is 18.0 Å². The molecule has 1 saturated heterocycles. The number of anilines is 1. The first kappa shape index (κ1) is 21.7. The fourth-order valence-electron chi connectivity index (χ4n) is 3.15. The number of nitrogens with two attached hydrogens (primary N) is 1. The molecule has 10 heteroatoms. The summed E-state index contributed by atoms with van der Waals surface area (Å²) in [6.45, 7) is 1.63. The van der Waals surface area contributed by atoms with Crippen molar-refractivity contribution in [2.24, 2.45) is 10.8 Å². The van der Waals surface area contributed by atoms with E-state index in [0.717, 1.165) is 24.3 Å². The summed E-state index contributed by atoms with van der Waals surface area (Å²) in [5.41, 5.74) is 8.57. The zero-order valence-corrected chi connectivity index (χ0v) is 17.6. The van der Waals surface area contributed by atoms with E-state index in [4.69, 9.17) is 28.9 Å². The number of nitrogens with zero attached hydrogens (tertiary/aromatic N) is 2. The number of rotatable bonds is 6. The zero-order valence-electron chi connectivity index (χ0n) is 15.3. The van der Waals surface area contributed by atoms with Crippen molar-refractivity contribution in [2.45, 2.75) is 19.0 Å². The highest BCUT2D eigenvalue weighted by Gasteiger charge is 2.25. The molecule has 1 fully saturated rings. The van der Waals surface area contributed by atoms with Crippen LogP contribution in [-0.4, -0.2) is 30.5 Å². The Labute approximate surface area is 182 Å². The van der Waals surface area contributed by atoms with Gasteiger partial charge in [0.15, 0.2) is 5.11 Å². The maximum atomic E-state index is 14.6. The van der Waals surface area contributed by atoms with Crippen molar-refractivity contribution in [3.05, 3.63) is 63.1 Å². The molecule has 1 heterocycles. The summed E-state index contributed by atoms with van der Waals surface area (Å²) in [7, 11) is 0. The van der Waals surface area contributed by atoms with E-state index in [9.17, 15) is 8.78 Å². The lowest BCUT2D eigenvalue weighted by molar-refractivity contribution is 0.550. The van der Waals surface area contributed by atoms with Gasteiger partial charge >= 0.3 is 0 Å². The highest BCUT2D eigenvalue weighted by molar-refractivity contribution is 7.80. The maximum Gasteiger partial charge on any atom is 0.184 e. The molecule has 1 aliphatic heterocycles. The number of halogens is 4. The van der Waals surface area contributed by atoms with Crippen LogP contribution in [0.4, 0.5) is 14.5 Å². The van der Waals surface area contributed by atoms with E-state index in [-0.39, 0.29) is 22.4 Å². The van der Waals surface area contributed by atoms with Crippen LogP contribution in [0, 0.1) is 11.6 Å². The molecule has 3 rings (SSSR count). The Bertz CT molecular complexity index is 921. The molecule has 0 amide bonds. The lowest BCUT2D eigenvalue weighted by atomic mass is 10.2. The number of thiocarbonyl (C=S) groups is 1. The molecule has 2 aromatic carbocycles. The highest BCUT2D eigenvalue weighted by Crippen LogP contribution is 2.27. The topological polar surface area (TPSA) is 65.7 Å². The molecule has 29 heavy (non-hydrogen) atoms. The molecule has 0 radical (unpaired) electrons. The second kappa shape index (κ2) is 9.67. The Morgan fingerprint density at radius 3 is 2.69 bits per heavy atom. The van der Waals surface area contributed by atoms with Gasteiger partial charge in [0, 0.05) is 52.9 Å². The summed E-state index contributed by atoms with van der Waals surface area (Å²) in [4.78, 5) is 1.80. The minimum atomic E-state index is -0.589. The largest absolute Gasteiger partial charge is 0.375 e. The first-order valence-electron chi connectivity index (χ1n) is 8.84. The average molecular weight is 458 g/mol. The Balaban J connectivity index is 1.64. The Morgan fingerprint density at radius 1 is 1.28 bits per heavy atom. The molecule has 0 saturated carbocycles. The van der Waals surface area contributed by atoms with Crippen molar-refractivity contribution < 1.29 is 8.78 Å². The number of hydrogen-bond donors (Lipinski definition) is 3. The minimum absolute atomic E-state index is 0.00256. The van der Waals surface area contributed by atoms with Gasteiger partial charge < -0.3 is 16.0 Å². The van der Waals surface area contributed by atoms with Crippen LogP contribution in [0.5, 0.6) is 0 Å². The summed E-state index contributed by atoms with van der Waals surface area (Å²) in [5, 5.41) is 8.16. The number of nitrogens with one attached hydrogen (secondary N) is 2. The third-order valence-electron chi connectivity index (χ3n) is 4.60. The van der Waals surface area contributed by atoms with E-state index in [0.29, 0.717) is 29.7 Å². The summed E-state index contributed by atoms with van der Waals surface area (Å²) in [6.07, 6.45) is 1.91. The Kier molecular flexibility index (Phi) is 7.23. The van der Waals surface area contributed by atoms with Gasteiger partial charge in [-0.05, 0) is 36.8 Å². The molecule has 1 aliphatic rings. The molecule has 0 unspecified atom stereocenters. The smallest absolute Gasteiger partial charge is 0.184 e. The van der Waals surface area contributed by atoms with Crippen molar-refractivity contribution in [1.82, 2.24) is 10.7 Å². The van der Waals surface area contributed by atoms with Crippen LogP contribution in [0.2, 0.25) is 10.0 Å². The molecule has 0 aromatic heterocycles. The van der Waals surface area contributed by atoms with Crippen molar-refractivity contribution in [3.8, 4) is 0 Å². The molecule has 1 atom stereocenters. The molecule has 154 valence electrons. The van der Waals surface area contributed by atoms with Gasteiger partial charge in [-0.25, -0.2) is 8.78 Å². The molecular weight excluding hydrogens is 439 g/mol. The molecule has 4 N–H and O–H groups in total. The first-order chi connectivity index (χ1) is 13.8. The lowest BCUT2D eigenvalue weighted by Gasteiger charge is -2.20. The maximum absolute atomic E-state index is 14.6. The van der Waals surface area contributed by atoms with Crippen LogP contribution < -0.4 is 21.4 Å². The normalized spacial score (nSPS) is 16.6. The molecule has 5 nitrogen and oxygen atoms in total. The predicted molar refractivity (Wildman–Crippen MR) is 118 cm³/mol. The number of benzene rings is 2. The van der Waals surface area contributed by atoms with E-state index in [2.05, 4.69) is 28.1 Å². The number of hydrogen-bond acceptors (Lipinski definition) is 4. The van der Waals surface area contributed by atoms with Gasteiger partial charge in [0.2, 0.25) is 0 Å². The van der Waals surface area contributed by atoms with Gasteiger partial charge in [-0.3, -0.25) is 5.43 Å². The average Bonchev–Trinajstić information content (AvgIpc) is 3.12. The Morgan fingerprint density at radius 2 is 2.00 bits per heavy atom. The van der Waals surface area contributed by atoms with Gasteiger partial charge in [0.25, 0.3) is 0 Å². The highest BCUT2D eigenvalue weighted by atomic mass is 35.5. The van der Waals surface area contributed by atoms with Gasteiger partial charge in [-0.15, -0.1) is 0 Å². The van der Waals surface area contributed by atoms with Crippen LogP contribution in [-0.2, 0) is 6.54 Å². The quantitative estimate of drug-likeness (QED) is 0.349. The fourth-order valence-corrected chi connectivity index (χ4v) is 3.74. The second-order valence-corrected chi connectivity index (χ2v) is 7.83. The summed E-state index contributed by atoms with van der Waals surface area (Å²) >= 11 is 17.0. The molecule has 0 bridgehead atoms. The van der Waals surface area contributed by atoms with Gasteiger partial charge in [-0.2, -0.15) is 5.10 Å². The van der Waals surface area contributed by atoms with Crippen LogP contribution >= 0.6 is 35.4 Å². The second-order valence-electron chi connectivity index (χ2n) is 6.57. The number of hydrazone groups is 1. The monoisotopic (exact) mass is 457 g/mol. The van der Waals surface area contributed by atoms with E-state index < -0.39 is 11.6 Å². The van der Waals surface area contributed by atoms with Crippen LogP contribution in [0.25, 0.3) is 0 Å². The van der Waals surface area contributed by atoms with Crippen LogP contribution in [0.1, 0.15) is 17.5 Å². The van der Waals surface area contributed by atoms with E-state index in [1.807, 2.05) is 0 Å².